The molecule has 0 radical (unpaired) electrons. The summed E-state index contributed by atoms with van der Waals surface area (Å²) in [5.41, 5.74) is 0.723. The minimum absolute atomic E-state index is 0.0399. The van der Waals surface area contributed by atoms with Crippen molar-refractivity contribution in [2.24, 2.45) is 0 Å². The molecule has 9 nitrogen and oxygen atoms in total. The first-order chi connectivity index (χ1) is 17.7. The Morgan fingerprint density at radius 2 is 1.14 bits per heavy atom. The number of rotatable bonds is 9. The molecule has 4 saturated heterocycles. The van der Waals surface area contributed by atoms with Crippen LogP contribution in [0.2, 0.25) is 0 Å². The standard InChI is InChI=1S/C27H42O9/c28-21-18-27(35-24-11-3-7-15-31-24,36-25-12-4-8-16-32-25)17-20(19-33-22-9-1-5-13-29-22)26(21)34-23-10-2-6-14-30-23/h22-25H,1-19H2. The van der Waals surface area contributed by atoms with Crippen molar-refractivity contribution in [3.05, 3.63) is 11.3 Å². The maximum absolute atomic E-state index is 13.7. The number of allylic oxidation sites excluding steroid dienone is 1. The first-order valence-electron chi connectivity index (χ1n) is 14.0. The van der Waals surface area contributed by atoms with Gasteiger partial charge in [0.25, 0.3) is 0 Å². The summed E-state index contributed by atoms with van der Waals surface area (Å²) in [6.45, 7) is 2.84. The van der Waals surface area contributed by atoms with Crippen LogP contribution in [0.15, 0.2) is 11.3 Å². The second-order valence-electron chi connectivity index (χ2n) is 10.5. The maximum atomic E-state index is 13.7. The number of ketones is 1. The van der Waals surface area contributed by atoms with E-state index in [9.17, 15) is 4.79 Å². The second kappa shape index (κ2) is 13.1. The molecular formula is C27H42O9. The normalized spacial score (nSPS) is 36.6. The predicted octanol–water partition coefficient (Wildman–Crippen LogP) is 4.47. The van der Waals surface area contributed by atoms with Crippen LogP contribution in [-0.4, -0.2) is 69.8 Å². The molecule has 0 N–H and O–H groups in total. The fraction of sp³-hybridized carbons (Fsp3) is 0.889. The fourth-order valence-corrected chi connectivity index (χ4v) is 5.51. The predicted molar refractivity (Wildman–Crippen MR) is 128 cm³/mol. The average Bonchev–Trinajstić information content (AvgIpc) is 2.91. The molecule has 9 heteroatoms. The monoisotopic (exact) mass is 510 g/mol. The molecule has 1 aliphatic carbocycles. The molecule has 0 bridgehead atoms. The van der Waals surface area contributed by atoms with Crippen molar-refractivity contribution in [3.63, 3.8) is 0 Å². The van der Waals surface area contributed by atoms with Crippen LogP contribution >= 0.6 is 0 Å². The van der Waals surface area contributed by atoms with Crippen LogP contribution in [0.5, 0.6) is 0 Å². The number of Topliss-reactive ketones (excluding diaryl/α,β-unsaturated/α-hetero) is 1. The lowest BCUT2D eigenvalue weighted by Gasteiger charge is -2.43. The summed E-state index contributed by atoms with van der Waals surface area (Å²) < 4.78 is 48.7. The van der Waals surface area contributed by atoms with Crippen molar-refractivity contribution >= 4 is 5.78 Å². The SMILES string of the molecule is O=C1CC(OC2CCCCO2)(OC2CCCCO2)CC(COC2CCCCO2)=C1OC1CCCCO1. The molecule has 4 aliphatic heterocycles. The van der Waals surface area contributed by atoms with Gasteiger partial charge in [0.2, 0.25) is 5.78 Å². The average molecular weight is 511 g/mol. The van der Waals surface area contributed by atoms with Gasteiger partial charge in [-0.2, -0.15) is 0 Å². The van der Waals surface area contributed by atoms with Crippen LogP contribution in [0.1, 0.15) is 89.9 Å². The van der Waals surface area contributed by atoms with Gasteiger partial charge in [-0.15, -0.1) is 0 Å². The summed E-state index contributed by atoms with van der Waals surface area (Å²) in [6, 6.07) is 0. The Kier molecular flexibility index (Phi) is 9.68. The zero-order chi connectivity index (χ0) is 24.6. The molecule has 5 rings (SSSR count). The first-order valence-corrected chi connectivity index (χ1v) is 14.0. The van der Waals surface area contributed by atoms with Gasteiger partial charge >= 0.3 is 0 Å². The minimum Gasteiger partial charge on any atom is -0.461 e. The summed E-state index contributed by atoms with van der Waals surface area (Å²) in [7, 11) is 0. The van der Waals surface area contributed by atoms with Crippen molar-refractivity contribution < 1.29 is 42.7 Å². The Morgan fingerprint density at radius 1 is 0.639 bits per heavy atom. The Balaban J connectivity index is 1.37. The second-order valence-corrected chi connectivity index (χ2v) is 10.5. The van der Waals surface area contributed by atoms with E-state index in [2.05, 4.69) is 0 Å². The van der Waals surface area contributed by atoms with E-state index in [-0.39, 0.29) is 25.1 Å². The Hall–Kier alpha value is -1.07. The van der Waals surface area contributed by atoms with Gasteiger partial charge in [-0.25, -0.2) is 0 Å². The number of carbonyl (C=O) groups is 1. The Morgan fingerprint density at radius 3 is 1.64 bits per heavy atom. The number of ether oxygens (including phenoxy) is 8. The maximum Gasteiger partial charge on any atom is 0.202 e. The van der Waals surface area contributed by atoms with Crippen molar-refractivity contribution in [3.8, 4) is 0 Å². The van der Waals surface area contributed by atoms with Crippen LogP contribution < -0.4 is 0 Å². The van der Waals surface area contributed by atoms with E-state index in [0.29, 0.717) is 38.6 Å². The zero-order valence-electron chi connectivity index (χ0n) is 21.4. The third-order valence-corrected chi connectivity index (χ3v) is 7.42. The van der Waals surface area contributed by atoms with E-state index < -0.39 is 24.7 Å². The summed E-state index contributed by atoms with van der Waals surface area (Å²) in [4.78, 5) is 13.7. The van der Waals surface area contributed by atoms with E-state index in [1.807, 2.05) is 0 Å². The van der Waals surface area contributed by atoms with Crippen LogP contribution in [-0.2, 0) is 42.7 Å². The highest BCUT2D eigenvalue weighted by Crippen LogP contribution is 2.40. The summed E-state index contributed by atoms with van der Waals surface area (Å²) in [6.07, 6.45) is 10.2. The number of hydrogen-bond acceptors (Lipinski definition) is 9. The molecule has 4 atom stereocenters. The molecule has 204 valence electrons. The Labute approximate surface area is 214 Å². The lowest BCUT2D eigenvalue weighted by Crippen LogP contribution is -2.50. The van der Waals surface area contributed by atoms with E-state index in [1.165, 1.54) is 0 Å². The number of hydrogen-bond donors (Lipinski definition) is 0. The molecule has 0 spiro atoms. The third kappa shape index (κ3) is 7.28. The molecule has 4 heterocycles. The molecule has 0 saturated carbocycles. The molecule has 5 aliphatic rings. The van der Waals surface area contributed by atoms with Crippen molar-refractivity contribution in [1.82, 2.24) is 0 Å². The van der Waals surface area contributed by atoms with Gasteiger partial charge in [0.05, 0.1) is 19.6 Å². The van der Waals surface area contributed by atoms with Crippen molar-refractivity contribution in [2.75, 3.05) is 33.0 Å². The van der Waals surface area contributed by atoms with Gasteiger partial charge in [-0.3, -0.25) is 4.79 Å². The smallest absolute Gasteiger partial charge is 0.202 e. The Bertz CT molecular complexity index is 710. The summed E-state index contributed by atoms with van der Waals surface area (Å²) in [5, 5.41) is 0. The first kappa shape index (κ1) is 26.5. The van der Waals surface area contributed by atoms with Crippen LogP contribution in [0.4, 0.5) is 0 Å². The van der Waals surface area contributed by atoms with Crippen molar-refractivity contribution in [1.29, 1.82) is 0 Å². The highest BCUT2D eigenvalue weighted by molar-refractivity contribution is 5.96. The summed E-state index contributed by atoms with van der Waals surface area (Å²) >= 11 is 0. The topological polar surface area (TPSA) is 90.9 Å². The van der Waals surface area contributed by atoms with E-state index >= 15 is 0 Å². The lowest BCUT2D eigenvalue weighted by atomic mass is 9.90. The molecule has 0 aromatic heterocycles. The van der Waals surface area contributed by atoms with Crippen LogP contribution in [0.3, 0.4) is 0 Å². The van der Waals surface area contributed by atoms with Gasteiger partial charge in [-0.05, 0) is 70.6 Å². The third-order valence-electron chi connectivity index (χ3n) is 7.42. The quantitative estimate of drug-likeness (QED) is 0.417. The van der Waals surface area contributed by atoms with Crippen molar-refractivity contribution in [2.45, 2.75) is 121 Å². The van der Waals surface area contributed by atoms with Crippen LogP contribution in [0, 0.1) is 0 Å². The number of carbonyl (C=O) groups excluding carboxylic acids is 1. The van der Waals surface area contributed by atoms with Gasteiger partial charge < -0.3 is 37.9 Å². The van der Waals surface area contributed by atoms with Gasteiger partial charge in [0.15, 0.2) is 36.7 Å². The van der Waals surface area contributed by atoms with E-state index in [0.717, 1.165) is 82.6 Å². The molecule has 0 amide bonds. The molecule has 4 unspecified atom stereocenters. The zero-order valence-corrected chi connectivity index (χ0v) is 21.4. The van der Waals surface area contributed by atoms with Gasteiger partial charge in [0, 0.05) is 38.2 Å². The van der Waals surface area contributed by atoms with Crippen LogP contribution in [0.25, 0.3) is 0 Å². The highest BCUT2D eigenvalue weighted by atomic mass is 16.8. The van der Waals surface area contributed by atoms with E-state index in [1.54, 1.807) is 0 Å². The molecule has 36 heavy (non-hydrogen) atoms. The largest absolute Gasteiger partial charge is 0.461 e. The summed E-state index contributed by atoms with van der Waals surface area (Å²) in [5.74, 6) is -1.02. The molecule has 4 fully saturated rings. The lowest BCUT2D eigenvalue weighted by molar-refractivity contribution is -0.361. The minimum atomic E-state index is -1.19. The molecule has 0 aromatic carbocycles. The van der Waals surface area contributed by atoms with Gasteiger partial charge in [-0.1, -0.05) is 0 Å². The molecular weight excluding hydrogens is 468 g/mol. The highest BCUT2D eigenvalue weighted by Gasteiger charge is 2.47. The molecule has 0 aromatic rings. The van der Waals surface area contributed by atoms with Gasteiger partial charge in [0.1, 0.15) is 0 Å². The fourth-order valence-electron chi connectivity index (χ4n) is 5.51. The van der Waals surface area contributed by atoms with E-state index in [4.69, 9.17) is 37.9 Å².